The summed E-state index contributed by atoms with van der Waals surface area (Å²) in [5, 5.41) is 0. The van der Waals surface area contributed by atoms with Crippen LogP contribution in [0, 0.1) is 11.8 Å². The second-order valence-corrected chi connectivity index (χ2v) is 8.34. The lowest BCUT2D eigenvalue weighted by Crippen LogP contribution is -2.05. The van der Waals surface area contributed by atoms with Crippen molar-refractivity contribution in [3.63, 3.8) is 0 Å². The average molecular weight is 337 g/mol. The van der Waals surface area contributed by atoms with Gasteiger partial charge in [0, 0.05) is 0 Å². The highest BCUT2D eigenvalue weighted by Gasteiger charge is 2.11. The van der Waals surface area contributed by atoms with Gasteiger partial charge in [-0.2, -0.15) is 0 Å². The number of hydrogen-bond donors (Lipinski definition) is 0. The first-order valence-electron chi connectivity index (χ1n) is 11.3. The van der Waals surface area contributed by atoms with E-state index in [1.165, 1.54) is 108 Å². The minimum atomic E-state index is 0.780. The van der Waals surface area contributed by atoms with Crippen LogP contribution in [0.15, 0.2) is 12.2 Å². The van der Waals surface area contributed by atoms with Gasteiger partial charge in [-0.1, -0.05) is 123 Å². The summed E-state index contributed by atoms with van der Waals surface area (Å²) >= 11 is 0. The molecule has 0 nitrogen and oxygen atoms in total. The minimum absolute atomic E-state index is 0.780. The normalized spacial score (nSPS) is 13.8. The van der Waals surface area contributed by atoms with Crippen molar-refractivity contribution in [1.29, 1.82) is 0 Å². The molecule has 0 saturated heterocycles. The fraction of sp³-hybridized carbons (Fsp3) is 0.917. The molecule has 0 aliphatic heterocycles. The number of allylic oxidation sites excluding steroid dienone is 1. The van der Waals surface area contributed by atoms with Crippen LogP contribution in [0.25, 0.3) is 0 Å². The van der Waals surface area contributed by atoms with Crippen molar-refractivity contribution in [2.24, 2.45) is 11.8 Å². The van der Waals surface area contributed by atoms with Crippen molar-refractivity contribution in [2.45, 2.75) is 130 Å². The molecule has 0 aromatic carbocycles. The summed E-state index contributed by atoms with van der Waals surface area (Å²) in [6, 6.07) is 0. The summed E-state index contributed by atoms with van der Waals surface area (Å²) in [6.07, 6.45) is 22.7. The van der Waals surface area contributed by atoms with Crippen molar-refractivity contribution in [2.75, 3.05) is 0 Å². The van der Waals surface area contributed by atoms with Gasteiger partial charge in [0.2, 0.25) is 0 Å². The van der Waals surface area contributed by atoms with Crippen LogP contribution in [0.1, 0.15) is 130 Å². The average Bonchev–Trinajstić information content (AvgIpc) is 2.56. The van der Waals surface area contributed by atoms with Crippen molar-refractivity contribution in [1.82, 2.24) is 0 Å². The Morgan fingerprint density at radius 3 is 1.62 bits per heavy atom. The van der Waals surface area contributed by atoms with E-state index >= 15 is 0 Å². The number of unbranched alkanes of at least 4 members (excludes halogenated alkanes) is 10. The molecule has 24 heavy (non-hydrogen) atoms. The van der Waals surface area contributed by atoms with E-state index in [0.29, 0.717) is 0 Å². The lowest BCUT2D eigenvalue weighted by Gasteiger charge is -2.19. The van der Waals surface area contributed by atoms with Crippen LogP contribution < -0.4 is 0 Å². The summed E-state index contributed by atoms with van der Waals surface area (Å²) in [7, 11) is 0. The Balaban J connectivity index is 3.56. The van der Waals surface area contributed by atoms with E-state index in [9.17, 15) is 0 Å². The summed E-state index contributed by atoms with van der Waals surface area (Å²) < 4.78 is 0. The van der Waals surface area contributed by atoms with E-state index in [1.807, 2.05) is 0 Å². The van der Waals surface area contributed by atoms with E-state index in [0.717, 1.165) is 11.8 Å². The molecule has 0 radical (unpaired) electrons. The van der Waals surface area contributed by atoms with E-state index in [1.54, 1.807) is 0 Å². The summed E-state index contributed by atoms with van der Waals surface area (Å²) in [4.78, 5) is 0. The Hall–Kier alpha value is -0.260. The van der Waals surface area contributed by atoms with Crippen molar-refractivity contribution < 1.29 is 0 Å². The van der Waals surface area contributed by atoms with Crippen molar-refractivity contribution in [3.05, 3.63) is 12.2 Å². The van der Waals surface area contributed by atoms with E-state index in [-0.39, 0.29) is 0 Å². The third-order valence-electron chi connectivity index (χ3n) is 5.66. The van der Waals surface area contributed by atoms with Crippen molar-refractivity contribution >= 4 is 0 Å². The Labute approximate surface area is 154 Å². The van der Waals surface area contributed by atoms with Gasteiger partial charge in [0.05, 0.1) is 0 Å². The molecule has 0 aliphatic rings. The van der Waals surface area contributed by atoms with Gasteiger partial charge in [0.15, 0.2) is 0 Å². The van der Waals surface area contributed by atoms with Gasteiger partial charge in [0.25, 0.3) is 0 Å². The molecule has 0 heterocycles. The Morgan fingerprint density at radius 1 is 0.625 bits per heavy atom. The quantitative estimate of drug-likeness (QED) is 0.173. The highest BCUT2D eigenvalue weighted by Crippen LogP contribution is 2.26. The lowest BCUT2D eigenvalue weighted by atomic mass is 9.86. The molecule has 2 atom stereocenters. The molecular weight excluding hydrogens is 288 g/mol. The zero-order valence-corrected chi connectivity index (χ0v) is 17.7. The summed E-state index contributed by atoms with van der Waals surface area (Å²) in [6.45, 7) is 13.5. The lowest BCUT2D eigenvalue weighted by molar-refractivity contribution is 0.389. The van der Waals surface area contributed by atoms with Gasteiger partial charge < -0.3 is 0 Å². The van der Waals surface area contributed by atoms with Crippen LogP contribution in [0.4, 0.5) is 0 Å². The van der Waals surface area contributed by atoms with E-state index in [4.69, 9.17) is 0 Å². The van der Waals surface area contributed by atoms with Crippen LogP contribution in [0.5, 0.6) is 0 Å². The van der Waals surface area contributed by atoms with E-state index in [2.05, 4.69) is 34.3 Å². The largest absolute Gasteiger partial charge is 0.0999 e. The SMILES string of the molecule is C=C(C)C(CCCCC)CCC(C)CCCCCCCCCCC. The summed E-state index contributed by atoms with van der Waals surface area (Å²) in [5.74, 6) is 1.68. The summed E-state index contributed by atoms with van der Waals surface area (Å²) in [5.41, 5.74) is 1.42. The molecule has 0 aliphatic carbocycles. The maximum Gasteiger partial charge on any atom is -0.0209 e. The van der Waals surface area contributed by atoms with Crippen molar-refractivity contribution in [3.8, 4) is 0 Å². The predicted octanol–water partition coefficient (Wildman–Crippen LogP) is 9.10. The van der Waals surface area contributed by atoms with Gasteiger partial charge in [0.1, 0.15) is 0 Å². The third kappa shape index (κ3) is 15.3. The first-order chi connectivity index (χ1) is 11.6. The third-order valence-corrected chi connectivity index (χ3v) is 5.66. The molecule has 0 spiro atoms. The van der Waals surface area contributed by atoms with Crippen LogP contribution in [-0.4, -0.2) is 0 Å². The van der Waals surface area contributed by atoms with Crippen LogP contribution in [0.2, 0.25) is 0 Å². The molecule has 0 saturated carbocycles. The topological polar surface area (TPSA) is 0 Å². The van der Waals surface area contributed by atoms with Gasteiger partial charge in [-0.05, 0) is 31.6 Å². The standard InChI is InChI=1S/C24H48/c1-6-8-10-11-12-13-14-15-17-18-23(5)20-21-24(22(3)4)19-16-9-7-2/h23-24H,3,6-21H2,1-2,4-5H3. The smallest absolute Gasteiger partial charge is 0.0209 e. The molecular formula is C24H48. The Kier molecular flexibility index (Phi) is 17.4. The molecule has 0 amide bonds. The zero-order chi connectivity index (χ0) is 18.0. The maximum absolute atomic E-state index is 4.23. The first-order valence-corrected chi connectivity index (χ1v) is 11.3. The predicted molar refractivity (Wildman–Crippen MR) is 113 cm³/mol. The second kappa shape index (κ2) is 17.6. The molecule has 0 fully saturated rings. The fourth-order valence-electron chi connectivity index (χ4n) is 3.71. The second-order valence-electron chi connectivity index (χ2n) is 8.34. The monoisotopic (exact) mass is 336 g/mol. The maximum atomic E-state index is 4.23. The zero-order valence-electron chi connectivity index (χ0n) is 17.7. The minimum Gasteiger partial charge on any atom is -0.0999 e. The molecule has 2 unspecified atom stereocenters. The highest BCUT2D eigenvalue weighted by molar-refractivity contribution is 4.95. The van der Waals surface area contributed by atoms with Crippen LogP contribution in [0.3, 0.4) is 0 Å². The first kappa shape index (κ1) is 23.7. The molecule has 0 N–H and O–H groups in total. The molecule has 144 valence electrons. The van der Waals surface area contributed by atoms with Gasteiger partial charge in [-0.3, -0.25) is 0 Å². The fourth-order valence-corrected chi connectivity index (χ4v) is 3.71. The molecule has 0 aromatic heterocycles. The van der Waals surface area contributed by atoms with E-state index < -0.39 is 0 Å². The molecule has 0 aromatic rings. The molecule has 0 heteroatoms. The molecule has 0 rings (SSSR count). The molecule has 0 bridgehead atoms. The highest BCUT2D eigenvalue weighted by atomic mass is 14.2. The van der Waals surface area contributed by atoms with Gasteiger partial charge in [-0.15, -0.1) is 0 Å². The number of hydrogen-bond acceptors (Lipinski definition) is 0. The van der Waals surface area contributed by atoms with Gasteiger partial charge >= 0.3 is 0 Å². The van der Waals surface area contributed by atoms with Crippen LogP contribution in [-0.2, 0) is 0 Å². The Bertz CT molecular complexity index is 265. The Morgan fingerprint density at radius 2 is 1.08 bits per heavy atom. The number of rotatable bonds is 18. The van der Waals surface area contributed by atoms with Crippen LogP contribution >= 0.6 is 0 Å². The van der Waals surface area contributed by atoms with Gasteiger partial charge in [-0.25, -0.2) is 0 Å².